The molecule has 1 aliphatic rings. The van der Waals surface area contributed by atoms with Crippen molar-refractivity contribution in [1.82, 2.24) is 0 Å². The first-order valence-corrected chi connectivity index (χ1v) is 4.15. The second kappa shape index (κ2) is 3.60. The Labute approximate surface area is 63.6 Å². The van der Waals surface area contributed by atoms with Gasteiger partial charge in [-0.25, -0.2) is 0 Å². The minimum Gasteiger partial charge on any atom is -0.0884 e. The van der Waals surface area contributed by atoms with Gasteiger partial charge >= 0.3 is 0 Å². The topological polar surface area (TPSA) is 0 Å². The first-order valence-electron chi connectivity index (χ1n) is 4.15. The lowest BCUT2D eigenvalue weighted by Gasteiger charge is -2.16. The molecule has 0 bridgehead atoms. The monoisotopic (exact) mass is 136 g/mol. The number of allylic oxidation sites excluding steroid dienone is 4. The third-order valence-corrected chi connectivity index (χ3v) is 2.35. The molecule has 0 nitrogen and oxygen atoms in total. The minimum atomic E-state index is 1.30. The Kier molecular flexibility index (Phi) is 2.73. The maximum absolute atomic E-state index is 2.27. The third kappa shape index (κ3) is 1.73. The van der Waals surface area contributed by atoms with Crippen LogP contribution in [0.1, 0.15) is 39.5 Å². The Balaban J connectivity index is 2.46. The maximum atomic E-state index is 2.27. The van der Waals surface area contributed by atoms with Gasteiger partial charge in [0.15, 0.2) is 0 Å². The molecule has 0 amide bonds. The highest BCUT2D eigenvalue weighted by Crippen LogP contribution is 2.26. The van der Waals surface area contributed by atoms with Gasteiger partial charge in [0, 0.05) is 0 Å². The first kappa shape index (κ1) is 7.59. The summed E-state index contributed by atoms with van der Waals surface area (Å²) in [4.78, 5) is 0. The van der Waals surface area contributed by atoms with Gasteiger partial charge in [-0.2, -0.15) is 0 Å². The fourth-order valence-corrected chi connectivity index (χ4v) is 1.47. The average Bonchev–Trinajstić information content (AvgIpc) is 2.05. The molecule has 10 heavy (non-hydrogen) atoms. The van der Waals surface area contributed by atoms with Gasteiger partial charge in [-0.15, -0.1) is 0 Å². The first-order chi connectivity index (χ1) is 4.86. The summed E-state index contributed by atoms with van der Waals surface area (Å²) >= 11 is 0. The Morgan fingerprint density at radius 3 is 1.30 bits per heavy atom. The van der Waals surface area contributed by atoms with E-state index in [4.69, 9.17) is 0 Å². The van der Waals surface area contributed by atoms with E-state index in [1.807, 2.05) is 0 Å². The summed E-state index contributed by atoms with van der Waals surface area (Å²) in [6.07, 6.45) is 9.75. The molecule has 0 spiro atoms. The van der Waals surface area contributed by atoms with E-state index in [0.717, 1.165) is 0 Å². The van der Waals surface area contributed by atoms with Gasteiger partial charge in [0.1, 0.15) is 0 Å². The van der Waals surface area contributed by atoms with Gasteiger partial charge in [0.05, 0.1) is 0 Å². The molecule has 1 saturated carbocycles. The molecule has 0 unspecified atom stereocenters. The molecule has 0 aliphatic heterocycles. The van der Waals surface area contributed by atoms with Crippen molar-refractivity contribution >= 4 is 0 Å². The van der Waals surface area contributed by atoms with Crippen molar-refractivity contribution in [2.45, 2.75) is 39.5 Å². The van der Waals surface area contributed by atoms with Crippen LogP contribution in [0.25, 0.3) is 0 Å². The zero-order valence-electron chi connectivity index (χ0n) is 6.98. The van der Waals surface area contributed by atoms with E-state index in [-0.39, 0.29) is 0 Å². The van der Waals surface area contributed by atoms with Crippen LogP contribution in [-0.2, 0) is 0 Å². The summed E-state index contributed by atoms with van der Waals surface area (Å²) in [5.74, 6) is 0. The highest BCUT2D eigenvalue weighted by molar-refractivity contribution is 5.14. The van der Waals surface area contributed by atoms with Crippen LogP contribution in [0.3, 0.4) is 0 Å². The van der Waals surface area contributed by atoms with Crippen LogP contribution in [0.4, 0.5) is 0 Å². The van der Waals surface area contributed by atoms with Gasteiger partial charge in [0.2, 0.25) is 0 Å². The van der Waals surface area contributed by atoms with Crippen LogP contribution in [-0.4, -0.2) is 0 Å². The summed E-state index contributed by atoms with van der Waals surface area (Å²) in [5, 5.41) is 0. The molecule has 0 atom stereocenters. The molecule has 0 aromatic carbocycles. The minimum absolute atomic E-state index is 1.30. The molecule has 0 N–H and O–H groups in total. The van der Waals surface area contributed by atoms with Crippen LogP contribution >= 0.6 is 0 Å². The molecular formula is C10H16. The SMILES string of the molecule is CC=C1CCC(=CC)CC1. The van der Waals surface area contributed by atoms with Crippen molar-refractivity contribution in [1.29, 1.82) is 0 Å². The normalized spacial score (nSPS) is 19.0. The largest absolute Gasteiger partial charge is 0.0884 e. The summed E-state index contributed by atoms with van der Waals surface area (Å²) < 4.78 is 0. The molecule has 1 rings (SSSR count). The van der Waals surface area contributed by atoms with E-state index in [1.54, 1.807) is 11.1 Å². The van der Waals surface area contributed by atoms with Crippen molar-refractivity contribution in [2.75, 3.05) is 0 Å². The lowest BCUT2D eigenvalue weighted by Crippen LogP contribution is -1.96. The molecule has 0 aromatic rings. The average molecular weight is 136 g/mol. The molecule has 0 saturated heterocycles. The fraction of sp³-hybridized carbons (Fsp3) is 0.600. The maximum Gasteiger partial charge on any atom is -0.0283 e. The molecule has 0 radical (unpaired) electrons. The van der Waals surface area contributed by atoms with Crippen molar-refractivity contribution < 1.29 is 0 Å². The van der Waals surface area contributed by atoms with Gasteiger partial charge < -0.3 is 0 Å². The van der Waals surface area contributed by atoms with Crippen LogP contribution in [0, 0.1) is 0 Å². The standard InChI is InChI=1S/C10H16/c1-3-9-5-7-10(4-2)8-6-9/h3-4H,5-8H2,1-2H3. The summed E-state index contributed by atoms with van der Waals surface area (Å²) in [5.41, 5.74) is 3.29. The number of rotatable bonds is 0. The van der Waals surface area contributed by atoms with Crippen LogP contribution in [0.2, 0.25) is 0 Å². The summed E-state index contributed by atoms with van der Waals surface area (Å²) in [6.45, 7) is 4.30. The van der Waals surface area contributed by atoms with Gasteiger partial charge in [-0.1, -0.05) is 23.3 Å². The summed E-state index contributed by atoms with van der Waals surface area (Å²) in [6, 6.07) is 0. The van der Waals surface area contributed by atoms with Crippen molar-refractivity contribution in [2.24, 2.45) is 0 Å². The summed E-state index contributed by atoms with van der Waals surface area (Å²) in [7, 11) is 0. The molecule has 1 fully saturated rings. The zero-order valence-corrected chi connectivity index (χ0v) is 6.98. The Bertz CT molecular complexity index is 129. The number of hydrogen-bond donors (Lipinski definition) is 0. The van der Waals surface area contributed by atoms with Crippen LogP contribution in [0.15, 0.2) is 23.3 Å². The van der Waals surface area contributed by atoms with E-state index in [1.165, 1.54) is 25.7 Å². The lowest BCUT2D eigenvalue weighted by atomic mass is 9.90. The van der Waals surface area contributed by atoms with E-state index >= 15 is 0 Å². The Morgan fingerprint density at radius 1 is 0.800 bits per heavy atom. The van der Waals surface area contributed by atoms with Crippen molar-refractivity contribution in [3.8, 4) is 0 Å². The Morgan fingerprint density at radius 2 is 1.10 bits per heavy atom. The highest BCUT2D eigenvalue weighted by atomic mass is 14.1. The van der Waals surface area contributed by atoms with E-state index in [9.17, 15) is 0 Å². The smallest absolute Gasteiger partial charge is 0.0283 e. The van der Waals surface area contributed by atoms with Crippen molar-refractivity contribution in [3.63, 3.8) is 0 Å². The lowest BCUT2D eigenvalue weighted by molar-refractivity contribution is 0.724. The Hall–Kier alpha value is -0.520. The van der Waals surface area contributed by atoms with Crippen LogP contribution < -0.4 is 0 Å². The zero-order chi connectivity index (χ0) is 7.40. The van der Waals surface area contributed by atoms with Gasteiger partial charge in [0.25, 0.3) is 0 Å². The second-order valence-electron chi connectivity index (χ2n) is 2.89. The van der Waals surface area contributed by atoms with E-state index in [2.05, 4.69) is 26.0 Å². The highest BCUT2D eigenvalue weighted by Gasteiger charge is 2.07. The van der Waals surface area contributed by atoms with Gasteiger partial charge in [-0.3, -0.25) is 0 Å². The van der Waals surface area contributed by atoms with E-state index in [0.29, 0.717) is 0 Å². The third-order valence-electron chi connectivity index (χ3n) is 2.35. The molecule has 0 aromatic heterocycles. The molecule has 56 valence electrons. The molecule has 0 heterocycles. The second-order valence-corrected chi connectivity index (χ2v) is 2.89. The predicted molar refractivity (Wildman–Crippen MR) is 46.0 cm³/mol. The van der Waals surface area contributed by atoms with Crippen molar-refractivity contribution in [3.05, 3.63) is 23.3 Å². The fourth-order valence-electron chi connectivity index (χ4n) is 1.47. The van der Waals surface area contributed by atoms with Gasteiger partial charge in [-0.05, 0) is 39.5 Å². The van der Waals surface area contributed by atoms with Crippen LogP contribution in [0.5, 0.6) is 0 Å². The molecular weight excluding hydrogens is 120 g/mol. The molecule has 0 heteroatoms. The quantitative estimate of drug-likeness (QED) is 0.447. The van der Waals surface area contributed by atoms with E-state index < -0.39 is 0 Å². The molecule has 1 aliphatic carbocycles. The predicted octanol–water partition coefficient (Wildman–Crippen LogP) is 3.45. The number of hydrogen-bond acceptors (Lipinski definition) is 0.